The summed E-state index contributed by atoms with van der Waals surface area (Å²) in [7, 11) is 1.63. The van der Waals surface area contributed by atoms with Crippen LogP contribution in [-0.2, 0) is 10.2 Å². The van der Waals surface area contributed by atoms with E-state index >= 15 is 0 Å². The molecule has 0 bridgehead atoms. The Morgan fingerprint density at radius 3 is 2.45 bits per heavy atom. The minimum absolute atomic E-state index is 0.0288. The number of rotatable bonds is 5. The zero-order chi connectivity index (χ0) is 14.6. The lowest BCUT2D eigenvalue weighted by Gasteiger charge is -2.28. The van der Waals surface area contributed by atoms with E-state index in [-0.39, 0.29) is 5.91 Å². The fourth-order valence-electron chi connectivity index (χ4n) is 2.95. The molecule has 4 heteroatoms. The first-order valence-corrected chi connectivity index (χ1v) is 7.19. The summed E-state index contributed by atoms with van der Waals surface area (Å²) < 4.78 is 5.17. The largest absolute Gasteiger partial charge is 0.497 e. The average molecular weight is 277 g/mol. The number of ether oxygens (including phenoxy) is 1. The maximum Gasteiger partial charge on any atom is 0.230 e. The number of amides is 1. The molecule has 0 aromatic heterocycles. The SMILES string of the molecule is COc1ccc(C2(C(=O)NCC(C)O)CCCC2)cc1. The fourth-order valence-corrected chi connectivity index (χ4v) is 2.95. The molecule has 0 spiro atoms. The normalized spacial score (nSPS) is 18.6. The molecule has 1 saturated carbocycles. The number of methoxy groups -OCH3 is 1. The van der Waals surface area contributed by atoms with E-state index in [1.807, 2.05) is 24.3 Å². The molecule has 0 aliphatic heterocycles. The molecule has 0 radical (unpaired) electrons. The Bertz CT molecular complexity index is 447. The quantitative estimate of drug-likeness (QED) is 0.865. The van der Waals surface area contributed by atoms with Crippen LogP contribution in [-0.4, -0.2) is 30.8 Å². The van der Waals surface area contributed by atoms with Gasteiger partial charge in [0.25, 0.3) is 0 Å². The summed E-state index contributed by atoms with van der Waals surface area (Å²) in [5.41, 5.74) is 0.597. The van der Waals surface area contributed by atoms with Crippen molar-refractivity contribution < 1.29 is 14.6 Å². The van der Waals surface area contributed by atoms with Gasteiger partial charge in [-0.25, -0.2) is 0 Å². The predicted octanol–water partition coefficient (Wildman–Crippen LogP) is 2.00. The highest BCUT2D eigenvalue weighted by Crippen LogP contribution is 2.41. The van der Waals surface area contributed by atoms with Gasteiger partial charge in [0, 0.05) is 6.54 Å². The molecule has 1 atom stereocenters. The first kappa shape index (κ1) is 14.9. The van der Waals surface area contributed by atoms with Gasteiger partial charge in [0.05, 0.1) is 18.6 Å². The Morgan fingerprint density at radius 1 is 1.35 bits per heavy atom. The van der Waals surface area contributed by atoms with Gasteiger partial charge in [-0.1, -0.05) is 25.0 Å². The van der Waals surface area contributed by atoms with Crippen molar-refractivity contribution in [3.05, 3.63) is 29.8 Å². The molecular formula is C16H23NO3. The zero-order valence-electron chi connectivity index (χ0n) is 12.2. The number of aliphatic hydroxyl groups excluding tert-OH is 1. The minimum atomic E-state index is -0.520. The first-order valence-electron chi connectivity index (χ1n) is 7.19. The van der Waals surface area contributed by atoms with Crippen LogP contribution < -0.4 is 10.1 Å². The van der Waals surface area contributed by atoms with Gasteiger partial charge in [-0.3, -0.25) is 4.79 Å². The van der Waals surface area contributed by atoms with Crippen molar-refractivity contribution in [2.75, 3.05) is 13.7 Å². The van der Waals surface area contributed by atoms with Crippen LogP contribution in [0.25, 0.3) is 0 Å². The highest BCUT2D eigenvalue weighted by Gasteiger charge is 2.42. The molecule has 1 fully saturated rings. The van der Waals surface area contributed by atoms with Gasteiger partial charge in [-0.2, -0.15) is 0 Å². The van der Waals surface area contributed by atoms with Crippen LogP contribution in [0, 0.1) is 0 Å². The van der Waals surface area contributed by atoms with Crippen LogP contribution in [0.3, 0.4) is 0 Å². The second-order valence-electron chi connectivity index (χ2n) is 5.58. The Hall–Kier alpha value is -1.55. The van der Waals surface area contributed by atoms with Crippen molar-refractivity contribution in [1.82, 2.24) is 5.32 Å². The molecule has 1 aromatic carbocycles. The molecule has 2 N–H and O–H groups in total. The van der Waals surface area contributed by atoms with E-state index in [1.165, 1.54) is 0 Å². The van der Waals surface area contributed by atoms with E-state index in [9.17, 15) is 9.90 Å². The fraction of sp³-hybridized carbons (Fsp3) is 0.562. The number of carbonyl (C=O) groups is 1. The lowest BCUT2D eigenvalue weighted by atomic mass is 9.78. The number of hydrogen-bond donors (Lipinski definition) is 2. The summed E-state index contributed by atoms with van der Waals surface area (Å²) >= 11 is 0. The van der Waals surface area contributed by atoms with E-state index in [0.29, 0.717) is 6.54 Å². The molecule has 1 aliphatic rings. The molecule has 1 aromatic rings. The third-order valence-corrected chi connectivity index (χ3v) is 4.09. The second-order valence-corrected chi connectivity index (χ2v) is 5.58. The Morgan fingerprint density at radius 2 is 1.95 bits per heavy atom. The number of nitrogens with one attached hydrogen (secondary N) is 1. The minimum Gasteiger partial charge on any atom is -0.497 e. The molecule has 1 aliphatic carbocycles. The van der Waals surface area contributed by atoms with Gasteiger partial charge in [0.15, 0.2) is 0 Å². The lowest BCUT2D eigenvalue weighted by Crippen LogP contribution is -2.44. The maximum absolute atomic E-state index is 12.6. The highest BCUT2D eigenvalue weighted by molar-refractivity contribution is 5.88. The van der Waals surface area contributed by atoms with Crippen LogP contribution in [0.5, 0.6) is 5.75 Å². The van der Waals surface area contributed by atoms with Crippen LogP contribution >= 0.6 is 0 Å². The summed E-state index contributed by atoms with van der Waals surface area (Å²) in [6, 6.07) is 7.76. The van der Waals surface area contributed by atoms with Gasteiger partial charge >= 0.3 is 0 Å². The number of hydrogen-bond acceptors (Lipinski definition) is 3. The van der Waals surface area contributed by atoms with E-state index in [4.69, 9.17) is 4.74 Å². The standard InChI is InChI=1S/C16H23NO3/c1-12(18)11-17-15(19)16(9-3-4-10-16)13-5-7-14(20-2)8-6-13/h5-8,12,18H,3-4,9-11H2,1-2H3,(H,17,19). The maximum atomic E-state index is 12.6. The number of carbonyl (C=O) groups excluding carboxylic acids is 1. The van der Waals surface area contributed by atoms with Crippen LogP contribution in [0.4, 0.5) is 0 Å². The molecule has 110 valence electrons. The number of aliphatic hydroxyl groups is 1. The van der Waals surface area contributed by atoms with Gasteiger partial charge in [0.1, 0.15) is 5.75 Å². The Kier molecular flexibility index (Phi) is 4.65. The lowest BCUT2D eigenvalue weighted by molar-refractivity contribution is -0.127. The van der Waals surface area contributed by atoms with Crippen molar-refractivity contribution in [1.29, 1.82) is 0 Å². The Balaban J connectivity index is 2.21. The molecule has 0 heterocycles. The van der Waals surface area contributed by atoms with Gasteiger partial charge in [-0.15, -0.1) is 0 Å². The summed E-state index contributed by atoms with van der Waals surface area (Å²) in [6.07, 6.45) is 3.34. The monoisotopic (exact) mass is 277 g/mol. The topological polar surface area (TPSA) is 58.6 Å². The van der Waals surface area contributed by atoms with Gasteiger partial charge in [-0.05, 0) is 37.5 Å². The summed E-state index contributed by atoms with van der Waals surface area (Å²) in [5.74, 6) is 0.826. The average Bonchev–Trinajstić information content (AvgIpc) is 2.95. The third-order valence-electron chi connectivity index (χ3n) is 4.09. The zero-order valence-corrected chi connectivity index (χ0v) is 12.2. The second kappa shape index (κ2) is 6.27. The molecule has 1 amide bonds. The van der Waals surface area contributed by atoms with Crippen molar-refractivity contribution >= 4 is 5.91 Å². The highest BCUT2D eigenvalue weighted by atomic mass is 16.5. The van der Waals surface area contributed by atoms with Crippen LogP contribution in [0.1, 0.15) is 38.2 Å². The van der Waals surface area contributed by atoms with Crippen molar-refractivity contribution in [2.24, 2.45) is 0 Å². The molecule has 2 rings (SSSR count). The van der Waals surface area contributed by atoms with Crippen molar-refractivity contribution in [2.45, 2.75) is 44.1 Å². The van der Waals surface area contributed by atoms with Crippen LogP contribution in [0.2, 0.25) is 0 Å². The first-order chi connectivity index (χ1) is 9.58. The van der Waals surface area contributed by atoms with Crippen molar-refractivity contribution in [3.63, 3.8) is 0 Å². The molecule has 4 nitrogen and oxygen atoms in total. The third kappa shape index (κ3) is 2.96. The smallest absolute Gasteiger partial charge is 0.230 e. The number of benzene rings is 1. The summed E-state index contributed by atoms with van der Waals surface area (Å²) in [6.45, 7) is 1.98. The Labute approximate surface area is 120 Å². The molecule has 1 unspecified atom stereocenters. The van der Waals surface area contributed by atoms with E-state index < -0.39 is 11.5 Å². The predicted molar refractivity (Wildman–Crippen MR) is 77.8 cm³/mol. The van der Waals surface area contributed by atoms with E-state index in [2.05, 4.69) is 5.32 Å². The van der Waals surface area contributed by atoms with Gasteiger partial charge < -0.3 is 15.2 Å². The molecular weight excluding hydrogens is 254 g/mol. The van der Waals surface area contributed by atoms with Crippen LogP contribution in [0.15, 0.2) is 24.3 Å². The van der Waals surface area contributed by atoms with E-state index in [0.717, 1.165) is 37.0 Å². The molecule has 0 saturated heterocycles. The van der Waals surface area contributed by atoms with Crippen molar-refractivity contribution in [3.8, 4) is 5.75 Å². The van der Waals surface area contributed by atoms with E-state index in [1.54, 1.807) is 14.0 Å². The van der Waals surface area contributed by atoms with Gasteiger partial charge in [0.2, 0.25) is 5.91 Å². The molecule has 20 heavy (non-hydrogen) atoms. The summed E-state index contributed by atoms with van der Waals surface area (Å²) in [4.78, 5) is 12.6. The summed E-state index contributed by atoms with van der Waals surface area (Å²) in [5, 5.41) is 12.2.